The van der Waals surface area contributed by atoms with E-state index in [0.29, 0.717) is 30.1 Å². The number of nitrogens with one attached hydrogen (secondary N) is 1. The van der Waals surface area contributed by atoms with E-state index in [1.807, 2.05) is 54.4 Å². The minimum atomic E-state index is -0.842. The maximum atomic E-state index is 14.1. The molecule has 3 aromatic rings. The second kappa shape index (κ2) is 16.2. The number of carbonyl (C=O) groups is 3. The monoisotopic (exact) mass is 764 g/mol. The highest BCUT2D eigenvalue weighted by Gasteiger charge is 2.37. The molecule has 3 aromatic carbocycles. The van der Waals surface area contributed by atoms with Crippen LogP contribution in [-0.2, 0) is 32.8 Å². The van der Waals surface area contributed by atoms with E-state index in [1.165, 1.54) is 18.3 Å². The van der Waals surface area contributed by atoms with Gasteiger partial charge in [0.2, 0.25) is 5.91 Å². The van der Waals surface area contributed by atoms with Gasteiger partial charge in [-0.1, -0.05) is 123 Å². The fraction of sp³-hybridized carbons (Fsp3) is 0.312. The molecule has 5 unspecified atom stereocenters. The van der Waals surface area contributed by atoms with Gasteiger partial charge in [-0.2, -0.15) is 0 Å². The quantitative estimate of drug-likeness (QED) is 0.192. The van der Waals surface area contributed by atoms with Gasteiger partial charge in [0, 0.05) is 50.0 Å². The molecule has 2 amide bonds. The summed E-state index contributed by atoms with van der Waals surface area (Å²) in [4.78, 5) is 46.0. The first-order valence-electron chi connectivity index (χ1n) is 19.5. The number of esters is 1. The molecule has 2 aliphatic carbocycles. The van der Waals surface area contributed by atoms with Crippen LogP contribution in [0.3, 0.4) is 0 Å². The molecular formula is C48H52N4O5. The van der Waals surface area contributed by atoms with Gasteiger partial charge < -0.3 is 29.5 Å². The summed E-state index contributed by atoms with van der Waals surface area (Å²) >= 11 is 0. The average molecular weight is 765 g/mol. The molecular weight excluding hydrogens is 713 g/mol. The molecule has 0 aromatic heterocycles. The maximum absolute atomic E-state index is 14.1. The molecule has 0 radical (unpaired) electrons. The van der Waals surface area contributed by atoms with E-state index in [4.69, 9.17) is 9.47 Å². The summed E-state index contributed by atoms with van der Waals surface area (Å²) in [7, 11) is 6.70. The summed E-state index contributed by atoms with van der Waals surface area (Å²) in [5.74, 6) is 0.171. The standard InChI is InChI=1S/C48H52N4O5/c1-31-13-22-40-37(25-31)26-42(51(40)5)45(53)49-44(34-11-9-8-10-12-34)46(54)50(4)29-32-14-19-38(20-15-32)48(2,3)39-21-18-33-23-24-52(41(33)28-39)30-36-17-16-35(47(55)57-7)27-43(36)56-6/h8-28,33,37,40-41,44H,29-30H2,1-7H3,(H,49,53). The molecule has 294 valence electrons. The molecule has 2 aliphatic heterocycles. The van der Waals surface area contributed by atoms with Crippen molar-refractivity contribution in [2.24, 2.45) is 11.8 Å². The lowest BCUT2D eigenvalue weighted by molar-refractivity contribution is -0.135. The number of hydrogen-bond donors (Lipinski definition) is 1. The Labute approximate surface area is 336 Å². The van der Waals surface area contributed by atoms with Gasteiger partial charge in [0.25, 0.3) is 5.91 Å². The Morgan fingerprint density at radius 3 is 2.35 bits per heavy atom. The van der Waals surface area contributed by atoms with E-state index in [1.54, 1.807) is 31.2 Å². The molecule has 4 aliphatic rings. The Hall–Kier alpha value is -6.09. The summed E-state index contributed by atoms with van der Waals surface area (Å²) in [5, 5.41) is 3.08. The van der Waals surface area contributed by atoms with Crippen LogP contribution in [0.5, 0.6) is 5.75 Å². The molecule has 2 heterocycles. The fourth-order valence-electron chi connectivity index (χ4n) is 8.35. The van der Waals surface area contributed by atoms with Crippen LogP contribution in [0.15, 0.2) is 144 Å². The molecule has 0 bridgehead atoms. The summed E-state index contributed by atoms with van der Waals surface area (Å²) < 4.78 is 10.6. The number of hydrogen-bond acceptors (Lipinski definition) is 7. The van der Waals surface area contributed by atoms with Crippen LogP contribution in [0.25, 0.3) is 0 Å². The van der Waals surface area contributed by atoms with Gasteiger partial charge in [-0.15, -0.1) is 0 Å². The van der Waals surface area contributed by atoms with Crippen molar-refractivity contribution in [3.63, 3.8) is 0 Å². The molecule has 0 saturated heterocycles. The Kier molecular flexibility index (Phi) is 11.1. The zero-order chi connectivity index (χ0) is 40.4. The normalized spacial score (nSPS) is 21.2. The molecule has 0 saturated carbocycles. The van der Waals surface area contributed by atoms with E-state index >= 15 is 0 Å². The van der Waals surface area contributed by atoms with Crippen molar-refractivity contribution >= 4 is 17.8 Å². The number of rotatable bonds is 12. The summed E-state index contributed by atoms with van der Waals surface area (Å²) in [6.45, 7) is 7.55. The van der Waals surface area contributed by atoms with Crippen molar-refractivity contribution in [1.29, 1.82) is 0 Å². The molecule has 7 rings (SSSR count). The van der Waals surface area contributed by atoms with Crippen LogP contribution < -0.4 is 10.1 Å². The number of likely N-dealkylation sites (N-methyl/N-ethyl adjacent to an activating group) is 2. The van der Waals surface area contributed by atoms with Crippen molar-refractivity contribution in [2.45, 2.75) is 57.4 Å². The van der Waals surface area contributed by atoms with Crippen LogP contribution in [0, 0.1) is 11.8 Å². The van der Waals surface area contributed by atoms with Crippen LogP contribution in [-0.4, -0.2) is 72.9 Å². The lowest BCUT2D eigenvalue weighted by atomic mass is 9.74. The summed E-state index contributed by atoms with van der Waals surface area (Å²) in [5.41, 5.74) is 7.00. The topological polar surface area (TPSA) is 91.4 Å². The van der Waals surface area contributed by atoms with Gasteiger partial charge >= 0.3 is 5.97 Å². The van der Waals surface area contributed by atoms with Gasteiger partial charge in [-0.25, -0.2) is 4.79 Å². The van der Waals surface area contributed by atoms with Gasteiger partial charge in [0.1, 0.15) is 11.8 Å². The SMILES string of the molecule is COC(=O)c1ccc(CN2C=CC3C=CC(C(C)(C)c4ccc(CN(C)C(=O)C(NC(=O)C5=CC6C=C(C)C=CC6N5C)c5ccccc5)cc4)=CC32)c(OC)c1. The number of amides is 2. The van der Waals surface area contributed by atoms with Crippen LogP contribution in [0.2, 0.25) is 0 Å². The van der Waals surface area contributed by atoms with Crippen molar-refractivity contribution < 1.29 is 23.9 Å². The Morgan fingerprint density at radius 2 is 1.63 bits per heavy atom. The molecule has 9 heteroatoms. The largest absolute Gasteiger partial charge is 0.496 e. The molecule has 9 nitrogen and oxygen atoms in total. The van der Waals surface area contributed by atoms with Gasteiger partial charge in [-0.3, -0.25) is 9.59 Å². The molecule has 1 N–H and O–H groups in total. The van der Waals surface area contributed by atoms with Gasteiger partial charge in [-0.05, 0) is 53.6 Å². The zero-order valence-corrected chi connectivity index (χ0v) is 33.8. The van der Waals surface area contributed by atoms with E-state index < -0.39 is 12.0 Å². The molecule has 57 heavy (non-hydrogen) atoms. The third kappa shape index (κ3) is 7.97. The summed E-state index contributed by atoms with van der Waals surface area (Å²) in [6.07, 6.45) is 19.6. The highest BCUT2D eigenvalue weighted by molar-refractivity contribution is 5.97. The number of allylic oxidation sites excluding steroid dienone is 4. The maximum Gasteiger partial charge on any atom is 0.337 e. The number of nitrogens with zero attached hydrogens (tertiary/aromatic N) is 3. The Balaban J connectivity index is 1.03. The van der Waals surface area contributed by atoms with Gasteiger partial charge in [0.15, 0.2) is 0 Å². The number of benzene rings is 3. The van der Waals surface area contributed by atoms with Crippen molar-refractivity contribution in [3.8, 4) is 5.75 Å². The number of carbonyl (C=O) groups excluding carboxylic acids is 3. The molecule has 0 spiro atoms. The molecule has 0 fully saturated rings. The fourth-order valence-corrected chi connectivity index (χ4v) is 8.35. The van der Waals surface area contributed by atoms with Crippen molar-refractivity contribution in [1.82, 2.24) is 20.0 Å². The first-order valence-corrected chi connectivity index (χ1v) is 19.5. The second-order valence-corrected chi connectivity index (χ2v) is 15.9. The third-order valence-corrected chi connectivity index (χ3v) is 11.9. The average Bonchev–Trinajstić information content (AvgIpc) is 3.78. The van der Waals surface area contributed by atoms with Crippen LogP contribution in [0.1, 0.15) is 59.4 Å². The zero-order valence-electron chi connectivity index (χ0n) is 33.8. The highest BCUT2D eigenvalue weighted by Crippen LogP contribution is 2.40. The first-order chi connectivity index (χ1) is 27.4. The minimum Gasteiger partial charge on any atom is -0.496 e. The van der Waals surface area contributed by atoms with E-state index in [-0.39, 0.29) is 41.1 Å². The minimum absolute atomic E-state index is 0.0856. The number of ether oxygens (including phenoxy) is 2. The number of fused-ring (bicyclic) bond motifs is 2. The van der Waals surface area contributed by atoms with Crippen molar-refractivity contribution in [2.75, 3.05) is 28.3 Å². The highest BCUT2D eigenvalue weighted by atomic mass is 16.5. The second-order valence-electron chi connectivity index (χ2n) is 15.9. The van der Waals surface area contributed by atoms with Crippen LogP contribution >= 0.6 is 0 Å². The molecule has 5 atom stereocenters. The van der Waals surface area contributed by atoms with Crippen LogP contribution in [0.4, 0.5) is 0 Å². The first kappa shape index (κ1) is 39.2. The Bertz CT molecular complexity index is 2210. The predicted octanol–water partition coefficient (Wildman–Crippen LogP) is 7.42. The predicted molar refractivity (Wildman–Crippen MR) is 223 cm³/mol. The number of methoxy groups -OCH3 is 2. The summed E-state index contributed by atoms with van der Waals surface area (Å²) in [6, 6.07) is 22.7. The van der Waals surface area contributed by atoms with E-state index in [0.717, 1.165) is 22.3 Å². The lowest BCUT2D eigenvalue weighted by Crippen LogP contribution is -2.43. The van der Waals surface area contributed by atoms with E-state index in [9.17, 15) is 14.4 Å². The van der Waals surface area contributed by atoms with Gasteiger partial charge in [0.05, 0.1) is 37.6 Å². The van der Waals surface area contributed by atoms with Crippen molar-refractivity contribution in [3.05, 3.63) is 172 Å². The smallest absolute Gasteiger partial charge is 0.337 e. The van der Waals surface area contributed by atoms with E-state index in [2.05, 4.69) is 104 Å². The Morgan fingerprint density at radius 1 is 0.877 bits per heavy atom. The lowest BCUT2D eigenvalue weighted by Gasteiger charge is -2.35. The third-order valence-electron chi connectivity index (χ3n) is 11.9.